The Morgan fingerprint density at radius 2 is 1.73 bits per heavy atom. The van der Waals surface area contributed by atoms with Crippen LogP contribution in [-0.2, 0) is 10.0 Å². The Labute approximate surface area is 101 Å². The average molecular weight is 299 g/mol. The molecular weight excluding hydrogens is 280 g/mol. The first-order valence-corrected chi connectivity index (χ1v) is 8.24. The first-order chi connectivity index (χ1) is 7.04. The molecule has 1 aliphatic rings. The number of hydrogen-bond donors (Lipinski definition) is 0. The number of unbranched alkanes of at least 4 members (excludes halogenated alkanes) is 1. The van der Waals surface area contributed by atoms with Crippen LogP contribution in [0.3, 0.4) is 0 Å². The average Bonchev–Trinajstić information content (AvgIpc) is 2.18. The molecule has 1 aliphatic heterocycles. The number of hydrogen-bond acceptors (Lipinski definition) is 3. The zero-order valence-electron chi connectivity index (χ0n) is 9.15. The maximum absolute atomic E-state index is 11.3. The van der Waals surface area contributed by atoms with E-state index >= 15 is 0 Å². The standard InChI is InChI=1S/C9H19BrN2O2S/c1-15(13,14)12-8-6-11(7-9-12)5-3-2-4-10/h2-9H2,1H3. The smallest absolute Gasteiger partial charge is 0.211 e. The van der Waals surface area contributed by atoms with E-state index in [1.165, 1.54) is 19.1 Å². The van der Waals surface area contributed by atoms with Crippen LogP contribution in [-0.4, -0.2) is 61.9 Å². The molecule has 1 fully saturated rings. The van der Waals surface area contributed by atoms with E-state index in [1.807, 2.05) is 0 Å². The third kappa shape index (κ3) is 4.80. The first-order valence-electron chi connectivity index (χ1n) is 5.27. The zero-order chi connectivity index (χ0) is 11.3. The molecule has 0 atom stereocenters. The SMILES string of the molecule is CS(=O)(=O)N1CCN(CCCCBr)CC1. The Balaban J connectivity index is 2.24. The van der Waals surface area contributed by atoms with Crippen molar-refractivity contribution in [1.82, 2.24) is 9.21 Å². The van der Waals surface area contributed by atoms with Crippen molar-refractivity contribution in [2.75, 3.05) is 44.3 Å². The minimum atomic E-state index is -2.98. The van der Waals surface area contributed by atoms with Gasteiger partial charge in [-0.15, -0.1) is 0 Å². The molecule has 4 nitrogen and oxygen atoms in total. The molecule has 0 amide bonds. The van der Waals surface area contributed by atoms with Gasteiger partial charge in [0.15, 0.2) is 0 Å². The molecule has 1 rings (SSSR count). The quantitative estimate of drug-likeness (QED) is 0.555. The van der Waals surface area contributed by atoms with Gasteiger partial charge in [0.25, 0.3) is 0 Å². The molecule has 0 bridgehead atoms. The normalized spacial score (nSPS) is 20.7. The van der Waals surface area contributed by atoms with Crippen LogP contribution in [0.25, 0.3) is 0 Å². The lowest BCUT2D eigenvalue weighted by Gasteiger charge is -2.33. The van der Waals surface area contributed by atoms with Crippen molar-refractivity contribution >= 4 is 26.0 Å². The summed E-state index contributed by atoms with van der Waals surface area (Å²) in [5.41, 5.74) is 0. The number of alkyl halides is 1. The minimum absolute atomic E-state index is 0.646. The van der Waals surface area contributed by atoms with Gasteiger partial charge in [0.1, 0.15) is 0 Å². The van der Waals surface area contributed by atoms with Crippen molar-refractivity contribution in [1.29, 1.82) is 0 Å². The Morgan fingerprint density at radius 1 is 1.13 bits per heavy atom. The van der Waals surface area contributed by atoms with Gasteiger partial charge in [-0.05, 0) is 19.4 Å². The van der Waals surface area contributed by atoms with Crippen LogP contribution in [0.15, 0.2) is 0 Å². The molecular formula is C9H19BrN2O2S. The van der Waals surface area contributed by atoms with Crippen LogP contribution in [0, 0.1) is 0 Å². The predicted molar refractivity (Wildman–Crippen MR) is 65.9 cm³/mol. The number of halogens is 1. The molecule has 0 aromatic carbocycles. The highest BCUT2D eigenvalue weighted by atomic mass is 79.9. The van der Waals surface area contributed by atoms with Gasteiger partial charge >= 0.3 is 0 Å². The summed E-state index contributed by atoms with van der Waals surface area (Å²) in [7, 11) is -2.98. The summed E-state index contributed by atoms with van der Waals surface area (Å²) < 4.78 is 24.1. The molecule has 6 heteroatoms. The van der Waals surface area contributed by atoms with E-state index in [9.17, 15) is 8.42 Å². The highest BCUT2D eigenvalue weighted by Crippen LogP contribution is 2.07. The molecule has 0 spiro atoms. The largest absolute Gasteiger partial charge is 0.301 e. The second-order valence-electron chi connectivity index (χ2n) is 3.90. The van der Waals surface area contributed by atoms with Gasteiger partial charge < -0.3 is 4.90 Å². The molecule has 15 heavy (non-hydrogen) atoms. The maximum atomic E-state index is 11.3. The van der Waals surface area contributed by atoms with E-state index in [1.54, 1.807) is 4.31 Å². The van der Waals surface area contributed by atoms with Crippen LogP contribution in [0.5, 0.6) is 0 Å². The molecule has 0 unspecified atom stereocenters. The van der Waals surface area contributed by atoms with Crippen LogP contribution in [0.1, 0.15) is 12.8 Å². The molecule has 0 N–H and O–H groups in total. The van der Waals surface area contributed by atoms with Crippen molar-refractivity contribution in [3.05, 3.63) is 0 Å². The van der Waals surface area contributed by atoms with Crippen molar-refractivity contribution in [3.8, 4) is 0 Å². The number of rotatable bonds is 5. The van der Waals surface area contributed by atoms with Crippen molar-refractivity contribution in [2.45, 2.75) is 12.8 Å². The monoisotopic (exact) mass is 298 g/mol. The van der Waals surface area contributed by atoms with Gasteiger partial charge in [-0.3, -0.25) is 0 Å². The van der Waals surface area contributed by atoms with Gasteiger partial charge in [0, 0.05) is 31.5 Å². The van der Waals surface area contributed by atoms with E-state index in [2.05, 4.69) is 20.8 Å². The van der Waals surface area contributed by atoms with Gasteiger partial charge in [-0.1, -0.05) is 15.9 Å². The zero-order valence-corrected chi connectivity index (χ0v) is 11.6. The summed E-state index contributed by atoms with van der Waals surface area (Å²) in [5, 5.41) is 1.05. The summed E-state index contributed by atoms with van der Waals surface area (Å²) in [5.74, 6) is 0. The minimum Gasteiger partial charge on any atom is -0.301 e. The molecule has 0 radical (unpaired) electrons. The van der Waals surface area contributed by atoms with E-state index in [-0.39, 0.29) is 0 Å². The fraction of sp³-hybridized carbons (Fsp3) is 1.00. The lowest BCUT2D eigenvalue weighted by atomic mass is 10.3. The van der Waals surface area contributed by atoms with E-state index in [0.717, 1.165) is 25.0 Å². The van der Waals surface area contributed by atoms with Crippen molar-refractivity contribution < 1.29 is 8.42 Å². The Hall–Kier alpha value is 0.350. The lowest BCUT2D eigenvalue weighted by Crippen LogP contribution is -2.48. The van der Waals surface area contributed by atoms with Crippen molar-refractivity contribution in [3.63, 3.8) is 0 Å². The van der Waals surface area contributed by atoms with Crippen LogP contribution in [0.2, 0.25) is 0 Å². The third-order valence-electron chi connectivity index (χ3n) is 2.66. The number of sulfonamides is 1. The Morgan fingerprint density at radius 3 is 2.20 bits per heavy atom. The summed E-state index contributed by atoms with van der Waals surface area (Å²) in [6.45, 7) is 4.12. The Bertz CT molecular complexity index is 274. The van der Waals surface area contributed by atoms with Gasteiger partial charge in [-0.25, -0.2) is 8.42 Å². The summed E-state index contributed by atoms with van der Waals surface area (Å²) in [6.07, 6.45) is 3.66. The summed E-state index contributed by atoms with van der Waals surface area (Å²) in [4.78, 5) is 2.34. The number of nitrogens with zero attached hydrogens (tertiary/aromatic N) is 2. The van der Waals surface area contributed by atoms with E-state index in [4.69, 9.17) is 0 Å². The fourth-order valence-corrected chi connectivity index (χ4v) is 2.94. The molecule has 0 aliphatic carbocycles. The first kappa shape index (κ1) is 13.4. The molecule has 1 saturated heterocycles. The lowest BCUT2D eigenvalue weighted by molar-refractivity contribution is 0.187. The fourth-order valence-electron chi connectivity index (χ4n) is 1.71. The molecule has 90 valence electrons. The van der Waals surface area contributed by atoms with Crippen LogP contribution in [0.4, 0.5) is 0 Å². The number of piperazine rings is 1. The maximum Gasteiger partial charge on any atom is 0.211 e. The molecule has 0 saturated carbocycles. The highest BCUT2D eigenvalue weighted by Gasteiger charge is 2.22. The molecule has 0 aromatic heterocycles. The van der Waals surface area contributed by atoms with Gasteiger partial charge in [0.05, 0.1) is 6.26 Å². The van der Waals surface area contributed by atoms with Crippen LogP contribution < -0.4 is 0 Å². The second kappa shape index (κ2) is 6.18. The van der Waals surface area contributed by atoms with Crippen molar-refractivity contribution in [2.24, 2.45) is 0 Å². The molecule has 0 aromatic rings. The topological polar surface area (TPSA) is 40.6 Å². The van der Waals surface area contributed by atoms with Gasteiger partial charge in [-0.2, -0.15) is 4.31 Å². The summed E-state index contributed by atoms with van der Waals surface area (Å²) >= 11 is 3.40. The van der Waals surface area contributed by atoms with E-state index in [0.29, 0.717) is 13.1 Å². The summed E-state index contributed by atoms with van der Waals surface area (Å²) in [6, 6.07) is 0. The van der Waals surface area contributed by atoms with E-state index < -0.39 is 10.0 Å². The van der Waals surface area contributed by atoms with Crippen LogP contribution >= 0.6 is 15.9 Å². The molecule has 1 heterocycles. The second-order valence-corrected chi connectivity index (χ2v) is 6.68. The van der Waals surface area contributed by atoms with Gasteiger partial charge in [0.2, 0.25) is 10.0 Å². The predicted octanol–water partition coefficient (Wildman–Crippen LogP) is 0.739. The Kier molecular flexibility index (Phi) is 5.52. The third-order valence-corrected chi connectivity index (χ3v) is 4.52. The highest BCUT2D eigenvalue weighted by molar-refractivity contribution is 9.09.